The van der Waals surface area contributed by atoms with Gasteiger partial charge in [0.1, 0.15) is 12.6 Å². The maximum absolute atomic E-state index is 14.0. The maximum Gasteiger partial charge on any atom is 0.264 e. The average molecular weight is 584 g/mol. The fraction of sp³-hybridized carbons (Fsp3) is 0.355. The van der Waals surface area contributed by atoms with Gasteiger partial charge in [0.15, 0.2) is 0 Å². The molecule has 0 aliphatic rings. The standard InChI is InChI=1S/C31H38ClN3O4S/c1-6-24(4)33-31(37)25(5)34(19-18-26-10-8-7-9-11-26)30(36)21-35(28-15-12-22(2)23(3)20-28)40(38,39)29-16-13-27(32)14-17-29/h7-17,20,24-25H,6,18-19,21H2,1-5H3,(H,33,37)/t24-,25+/m0/s1. The molecule has 0 heterocycles. The minimum Gasteiger partial charge on any atom is -0.352 e. The van der Waals surface area contributed by atoms with Gasteiger partial charge in [0.25, 0.3) is 10.0 Å². The highest BCUT2D eigenvalue weighted by molar-refractivity contribution is 7.92. The Morgan fingerprint density at radius 2 is 1.57 bits per heavy atom. The third kappa shape index (κ3) is 7.86. The summed E-state index contributed by atoms with van der Waals surface area (Å²) < 4.78 is 28.9. The summed E-state index contributed by atoms with van der Waals surface area (Å²) in [5, 5.41) is 3.35. The molecule has 1 N–H and O–H groups in total. The fourth-order valence-corrected chi connectivity index (χ4v) is 5.71. The summed E-state index contributed by atoms with van der Waals surface area (Å²) in [7, 11) is -4.14. The van der Waals surface area contributed by atoms with Crippen molar-refractivity contribution in [1.29, 1.82) is 0 Å². The molecule has 40 heavy (non-hydrogen) atoms. The number of hydrogen-bond acceptors (Lipinski definition) is 4. The van der Waals surface area contributed by atoms with Crippen LogP contribution in [-0.4, -0.2) is 50.3 Å². The summed E-state index contributed by atoms with van der Waals surface area (Å²) in [6.07, 6.45) is 1.26. The first-order valence-electron chi connectivity index (χ1n) is 13.4. The number of nitrogens with zero attached hydrogens (tertiary/aromatic N) is 2. The zero-order valence-corrected chi connectivity index (χ0v) is 25.3. The topological polar surface area (TPSA) is 86.8 Å². The molecule has 0 bridgehead atoms. The van der Waals surface area contributed by atoms with Gasteiger partial charge in [0, 0.05) is 17.6 Å². The molecule has 3 aromatic rings. The lowest BCUT2D eigenvalue weighted by atomic mass is 10.1. The van der Waals surface area contributed by atoms with Gasteiger partial charge in [0.2, 0.25) is 11.8 Å². The van der Waals surface area contributed by atoms with E-state index in [1.54, 1.807) is 19.1 Å². The third-order valence-corrected chi connectivity index (χ3v) is 9.15. The highest BCUT2D eigenvalue weighted by Crippen LogP contribution is 2.27. The Kier molecular flexibility index (Phi) is 10.8. The van der Waals surface area contributed by atoms with Gasteiger partial charge in [-0.25, -0.2) is 8.42 Å². The highest BCUT2D eigenvalue weighted by atomic mass is 35.5. The van der Waals surface area contributed by atoms with Crippen LogP contribution in [0.1, 0.15) is 43.9 Å². The first-order chi connectivity index (χ1) is 18.9. The van der Waals surface area contributed by atoms with Crippen LogP contribution in [0.15, 0.2) is 77.7 Å². The molecule has 0 aromatic heterocycles. The van der Waals surface area contributed by atoms with Crippen molar-refractivity contribution in [3.05, 3.63) is 94.5 Å². The van der Waals surface area contributed by atoms with Crippen LogP contribution in [0.2, 0.25) is 5.02 Å². The fourth-order valence-electron chi connectivity index (χ4n) is 4.18. The van der Waals surface area contributed by atoms with Crippen LogP contribution < -0.4 is 9.62 Å². The molecule has 0 saturated heterocycles. The van der Waals surface area contributed by atoms with Crippen molar-refractivity contribution in [2.24, 2.45) is 0 Å². The first-order valence-corrected chi connectivity index (χ1v) is 15.2. The Bertz CT molecular complexity index is 1410. The van der Waals surface area contributed by atoms with Gasteiger partial charge >= 0.3 is 0 Å². The number of nitrogens with one attached hydrogen (secondary N) is 1. The zero-order valence-electron chi connectivity index (χ0n) is 23.7. The SMILES string of the molecule is CC[C@H](C)NC(=O)[C@@H](C)N(CCc1ccccc1)C(=O)CN(c1ccc(C)c(C)c1)S(=O)(=O)c1ccc(Cl)cc1. The van der Waals surface area contributed by atoms with E-state index in [1.807, 2.05) is 64.1 Å². The van der Waals surface area contributed by atoms with Crippen molar-refractivity contribution in [2.45, 2.75) is 64.4 Å². The quantitative estimate of drug-likeness (QED) is 0.304. The molecule has 0 aliphatic heterocycles. The van der Waals surface area contributed by atoms with Crippen LogP contribution in [0.5, 0.6) is 0 Å². The van der Waals surface area contributed by atoms with E-state index in [1.165, 1.54) is 29.2 Å². The predicted octanol–water partition coefficient (Wildman–Crippen LogP) is 5.53. The van der Waals surface area contributed by atoms with E-state index in [0.29, 0.717) is 17.1 Å². The number of carbonyl (C=O) groups excluding carboxylic acids is 2. The second-order valence-electron chi connectivity index (χ2n) is 10.1. The summed E-state index contributed by atoms with van der Waals surface area (Å²) >= 11 is 6.01. The first kappa shape index (κ1) is 31.2. The molecule has 0 fully saturated rings. The molecule has 0 unspecified atom stereocenters. The van der Waals surface area contributed by atoms with Crippen molar-refractivity contribution < 1.29 is 18.0 Å². The molecular formula is C31H38ClN3O4S. The molecular weight excluding hydrogens is 546 g/mol. The van der Waals surface area contributed by atoms with Gasteiger partial charge in [-0.3, -0.25) is 13.9 Å². The maximum atomic E-state index is 14.0. The summed E-state index contributed by atoms with van der Waals surface area (Å²) in [5.41, 5.74) is 3.27. The molecule has 2 atom stereocenters. The molecule has 9 heteroatoms. The van der Waals surface area contributed by atoms with E-state index >= 15 is 0 Å². The second-order valence-corrected chi connectivity index (χ2v) is 12.3. The minimum absolute atomic E-state index is 0.0151. The van der Waals surface area contributed by atoms with E-state index in [-0.39, 0.29) is 23.4 Å². The Morgan fingerprint density at radius 3 is 2.17 bits per heavy atom. The van der Waals surface area contributed by atoms with Gasteiger partial charge in [-0.2, -0.15) is 0 Å². The van der Waals surface area contributed by atoms with Crippen molar-refractivity contribution in [2.75, 3.05) is 17.4 Å². The molecule has 3 aromatic carbocycles. The second kappa shape index (κ2) is 13.8. The Morgan fingerprint density at radius 1 is 0.925 bits per heavy atom. The van der Waals surface area contributed by atoms with E-state index < -0.39 is 28.5 Å². The van der Waals surface area contributed by atoms with Crippen molar-refractivity contribution >= 4 is 39.1 Å². The molecule has 0 radical (unpaired) electrons. The number of sulfonamides is 1. The predicted molar refractivity (Wildman–Crippen MR) is 161 cm³/mol. The van der Waals surface area contributed by atoms with Gasteiger partial charge in [0.05, 0.1) is 10.6 Å². The zero-order chi connectivity index (χ0) is 29.4. The molecule has 7 nitrogen and oxygen atoms in total. The van der Waals surface area contributed by atoms with E-state index in [9.17, 15) is 18.0 Å². The lowest BCUT2D eigenvalue weighted by molar-refractivity contribution is -0.139. The van der Waals surface area contributed by atoms with Crippen molar-refractivity contribution in [1.82, 2.24) is 10.2 Å². The third-order valence-electron chi connectivity index (χ3n) is 7.11. The van der Waals surface area contributed by atoms with Gasteiger partial charge in [-0.05, 0) is 93.6 Å². The van der Waals surface area contributed by atoms with E-state index in [2.05, 4.69) is 5.32 Å². The van der Waals surface area contributed by atoms with E-state index in [0.717, 1.165) is 27.4 Å². The summed E-state index contributed by atoms with van der Waals surface area (Å²) in [6.45, 7) is 9.15. The number of rotatable bonds is 12. The van der Waals surface area contributed by atoms with Gasteiger partial charge < -0.3 is 10.2 Å². The van der Waals surface area contributed by atoms with Gasteiger partial charge in [-0.1, -0.05) is 54.9 Å². The monoisotopic (exact) mass is 583 g/mol. The number of aryl methyl sites for hydroxylation is 2. The molecule has 214 valence electrons. The number of hydrogen-bond donors (Lipinski definition) is 1. The Balaban J connectivity index is 2.00. The Hall–Kier alpha value is -3.36. The smallest absolute Gasteiger partial charge is 0.264 e. The molecule has 0 saturated carbocycles. The summed E-state index contributed by atoms with van der Waals surface area (Å²) in [6, 6.07) is 19.9. The molecule has 2 amide bonds. The molecule has 3 rings (SSSR count). The largest absolute Gasteiger partial charge is 0.352 e. The van der Waals surface area contributed by atoms with Crippen LogP contribution in [0.25, 0.3) is 0 Å². The molecule has 0 spiro atoms. The number of anilines is 1. The summed E-state index contributed by atoms with van der Waals surface area (Å²) in [4.78, 5) is 28.5. The Labute approximate surface area is 243 Å². The van der Waals surface area contributed by atoms with E-state index in [4.69, 9.17) is 11.6 Å². The van der Waals surface area contributed by atoms with Crippen LogP contribution in [-0.2, 0) is 26.0 Å². The number of halogens is 1. The normalized spacial score (nSPS) is 12.8. The van der Waals surface area contributed by atoms with Crippen LogP contribution in [0, 0.1) is 13.8 Å². The highest BCUT2D eigenvalue weighted by Gasteiger charge is 2.32. The molecule has 0 aliphatic carbocycles. The van der Waals surface area contributed by atoms with Crippen molar-refractivity contribution in [3.8, 4) is 0 Å². The number of amides is 2. The summed E-state index contributed by atoms with van der Waals surface area (Å²) in [5.74, 6) is -0.757. The average Bonchev–Trinajstić information content (AvgIpc) is 2.93. The van der Waals surface area contributed by atoms with Gasteiger partial charge in [-0.15, -0.1) is 0 Å². The van der Waals surface area contributed by atoms with Crippen LogP contribution in [0.4, 0.5) is 5.69 Å². The number of benzene rings is 3. The lowest BCUT2D eigenvalue weighted by Crippen LogP contribution is -2.53. The lowest BCUT2D eigenvalue weighted by Gasteiger charge is -2.32. The van der Waals surface area contributed by atoms with Crippen molar-refractivity contribution in [3.63, 3.8) is 0 Å². The minimum atomic E-state index is -4.14. The number of carbonyl (C=O) groups is 2. The van der Waals surface area contributed by atoms with Crippen LogP contribution in [0.3, 0.4) is 0 Å². The van der Waals surface area contributed by atoms with Crippen LogP contribution >= 0.6 is 11.6 Å².